The minimum atomic E-state index is 0.144. The van der Waals surface area contributed by atoms with Crippen molar-refractivity contribution in [1.29, 1.82) is 0 Å². The Balaban J connectivity index is 1.81. The lowest BCUT2D eigenvalue weighted by atomic mass is 9.93. The third kappa shape index (κ3) is 2.76. The minimum Gasteiger partial charge on any atom is -0.367 e. The number of nitrogens with two attached hydrogens (primary N) is 1. The summed E-state index contributed by atoms with van der Waals surface area (Å²) in [6, 6.07) is 0.155. The fraction of sp³-hybridized carbons (Fsp3) is 0.800. The summed E-state index contributed by atoms with van der Waals surface area (Å²) < 4.78 is 10.6. The van der Waals surface area contributed by atoms with Crippen LogP contribution in [0.15, 0.2) is 4.52 Å². The maximum Gasteiger partial charge on any atom is 0.252 e. The third-order valence-corrected chi connectivity index (χ3v) is 2.74. The van der Waals surface area contributed by atoms with Crippen LogP contribution in [0.3, 0.4) is 0 Å². The van der Waals surface area contributed by atoms with Crippen LogP contribution in [0.25, 0.3) is 0 Å². The molecule has 0 saturated heterocycles. The van der Waals surface area contributed by atoms with Crippen molar-refractivity contribution < 1.29 is 9.26 Å². The molecule has 84 valence electrons. The molecule has 1 aromatic heterocycles. The summed E-state index contributed by atoms with van der Waals surface area (Å²) in [5.41, 5.74) is 5.96. The first-order chi connectivity index (χ1) is 7.25. The average molecular weight is 211 g/mol. The number of nitrogens with zero attached hydrogens (tertiary/aromatic N) is 2. The van der Waals surface area contributed by atoms with Gasteiger partial charge in [-0.1, -0.05) is 18.0 Å². The molecule has 0 bridgehead atoms. The van der Waals surface area contributed by atoms with E-state index in [2.05, 4.69) is 10.1 Å². The van der Waals surface area contributed by atoms with E-state index < -0.39 is 0 Å². The SMILES string of the molecule is Cc1noc(COC2CCCCC2N)n1. The highest BCUT2D eigenvalue weighted by atomic mass is 16.5. The molecule has 15 heavy (non-hydrogen) atoms. The smallest absolute Gasteiger partial charge is 0.252 e. The summed E-state index contributed by atoms with van der Waals surface area (Å²) in [4.78, 5) is 4.08. The summed E-state index contributed by atoms with van der Waals surface area (Å²) in [7, 11) is 0. The quantitative estimate of drug-likeness (QED) is 0.812. The summed E-state index contributed by atoms with van der Waals surface area (Å²) in [6.45, 7) is 2.17. The largest absolute Gasteiger partial charge is 0.367 e. The molecule has 5 heteroatoms. The van der Waals surface area contributed by atoms with Crippen LogP contribution in [-0.4, -0.2) is 22.3 Å². The van der Waals surface area contributed by atoms with Gasteiger partial charge in [0.25, 0.3) is 5.89 Å². The van der Waals surface area contributed by atoms with Crippen molar-refractivity contribution in [3.63, 3.8) is 0 Å². The van der Waals surface area contributed by atoms with E-state index >= 15 is 0 Å². The number of aromatic nitrogens is 2. The van der Waals surface area contributed by atoms with Crippen molar-refractivity contribution in [2.24, 2.45) is 5.73 Å². The fourth-order valence-corrected chi connectivity index (χ4v) is 1.91. The van der Waals surface area contributed by atoms with Gasteiger partial charge in [0.2, 0.25) is 0 Å². The van der Waals surface area contributed by atoms with Gasteiger partial charge in [-0.25, -0.2) is 0 Å². The van der Waals surface area contributed by atoms with Crippen LogP contribution in [0.4, 0.5) is 0 Å². The number of rotatable bonds is 3. The van der Waals surface area contributed by atoms with Crippen molar-refractivity contribution in [1.82, 2.24) is 10.1 Å². The van der Waals surface area contributed by atoms with Gasteiger partial charge in [-0.05, 0) is 19.8 Å². The highest BCUT2D eigenvalue weighted by Gasteiger charge is 2.22. The molecule has 0 aliphatic heterocycles. The first-order valence-corrected chi connectivity index (χ1v) is 5.42. The number of ether oxygens (including phenoxy) is 1. The second-order valence-electron chi connectivity index (χ2n) is 4.03. The fourth-order valence-electron chi connectivity index (χ4n) is 1.91. The van der Waals surface area contributed by atoms with E-state index in [0.717, 1.165) is 12.8 Å². The van der Waals surface area contributed by atoms with Gasteiger partial charge in [-0.2, -0.15) is 4.98 Å². The Hall–Kier alpha value is -0.940. The maximum atomic E-state index is 5.96. The third-order valence-electron chi connectivity index (χ3n) is 2.74. The Labute approximate surface area is 89.0 Å². The summed E-state index contributed by atoms with van der Waals surface area (Å²) in [6.07, 6.45) is 4.63. The molecule has 1 heterocycles. The topological polar surface area (TPSA) is 74.2 Å². The molecule has 5 nitrogen and oxygen atoms in total. The van der Waals surface area contributed by atoms with Crippen LogP contribution in [0.2, 0.25) is 0 Å². The summed E-state index contributed by atoms with van der Waals surface area (Å²) >= 11 is 0. The molecule has 2 unspecified atom stereocenters. The van der Waals surface area contributed by atoms with E-state index in [0.29, 0.717) is 18.3 Å². The zero-order valence-corrected chi connectivity index (χ0v) is 8.98. The molecule has 2 atom stereocenters. The monoisotopic (exact) mass is 211 g/mol. The van der Waals surface area contributed by atoms with Crippen LogP contribution >= 0.6 is 0 Å². The van der Waals surface area contributed by atoms with Gasteiger partial charge in [-0.3, -0.25) is 0 Å². The van der Waals surface area contributed by atoms with Crippen molar-refractivity contribution in [3.8, 4) is 0 Å². The van der Waals surface area contributed by atoms with Gasteiger partial charge in [0.05, 0.1) is 6.10 Å². The molecule has 1 saturated carbocycles. The van der Waals surface area contributed by atoms with E-state index in [4.69, 9.17) is 15.0 Å². The molecule has 1 aromatic rings. The van der Waals surface area contributed by atoms with E-state index in [1.807, 2.05) is 0 Å². The standard InChI is InChI=1S/C10H17N3O2/c1-7-12-10(15-13-7)6-14-9-5-3-2-4-8(9)11/h8-9H,2-6,11H2,1H3. The molecule has 2 rings (SSSR count). The Kier molecular flexibility index (Phi) is 3.33. The van der Waals surface area contributed by atoms with Crippen LogP contribution in [0, 0.1) is 6.92 Å². The molecular weight excluding hydrogens is 194 g/mol. The van der Waals surface area contributed by atoms with Gasteiger partial charge >= 0.3 is 0 Å². The Bertz CT molecular complexity index is 313. The van der Waals surface area contributed by atoms with Crippen LogP contribution < -0.4 is 5.73 Å². The lowest BCUT2D eigenvalue weighted by Crippen LogP contribution is -2.39. The van der Waals surface area contributed by atoms with Crippen molar-refractivity contribution in [3.05, 3.63) is 11.7 Å². The summed E-state index contributed by atoms with van der Waals surface area (Å²) in [5, 5.41) is 3.70. The molecule has 1 fully saturated rings. The Morgan fingerprint density at radius 3 is 2.93 bits per heavy atom. The van der Waals surface area contributed by atoms with E-state index in [1.54, 1.807) is 6.92 Å². The molecular formula is C10H17N3O2. The minimum absolute atomic E-state index is 0.144. The van der Waals surface area contributed by atoms with Crippen LogP contribution in [0.1, 0.15) is 37.4 Å². The lowest BCUT2D eigenvalue weighted by molar-refractivity contribution is -0.00707. The highest BCUT2D eigenvalue weighted by Crippen LogP contribution is 2.20. The molecule has 1 aliphatic carbocycles. The van der Waals surface area contributed by atoms with Gasteiger partial charge in [0.15, 0.2) is 5.82 Å². The van der Waals surface area contributed by atoms with Crippen molar-refractivity contribution in [2.75, 3.05) is 0 Å². The lowest BCUT2D eigenvalue weighted by Gasteiger charge is -2.27. The molecule has 2 N–H and O–H groups in total. The van der Waals surface area contributed by atoms with Crippen molar-refractivity contribution >= 4 is 0 Å². The zero-order valence-electron chi connectivity index (χ0n) is 8.98. The summed E-state index contributed by atoms with van der Waals surface area (Å²) in [5.74, 6) is 1.17. The first kappa shape index (κ1) is 10.6. The normalized spacial score (nSPS) is 26.8. The number of hydrogen-bond acceptors (Lipinski definition) is 5. The molecule has 0 amide bonds. The molecule has 0 spiro atoms. The van der Waals surface area contributed by atoms with Crippen molar-refractivity contribution in [2.45, 2.75) is 51.4 Å². The van der Waals surface area contributed by atoms with E-state index in [-0.39, 0.29) is 12.1 Å². The Morgan fingerprint density at radius 2 is 2.27 bits per heavy atom. The zero-order chi connectivity index (χ0) is 10.7. The number of hydrogen-bond donors (Lipinski definition) is 1. The predicted octanol–water partition coefficient (Wildman–Crippen LogP) is 1.16. The van der Waals surface area contributed by atoms with Gasteiger partial charge in [0.1, 0.15) is 6.61 Å². The average Bonchev–Trinajstić information content (AvgIpc) is 2.63. The number of aryl methyl sites for hydroxylation is 1. The van der Waals surface area contributed by atoms with Gasteiger partial charge in [0, 0.05) is 6.04 Å². The van der Waals surface area contributed by atoms with Crippen LogP contribution in [-0.2, 0) is 11.3 Å². The maximum absolute atomic E-state index is 5.96. The first-order valence-electron chi connectivity index (χ1n) is 5.42. The molecule has 0 radical (unpaired) electrons. The van der Waals surface area contributed by atoms with Crippen LogP contribution in [0.5, 0.6) is 0 Å². The second-order valence-corrected chi connectivity index (χ2v) is 4.03. The van der Waals surface area contributed by atoms with Gasteiger partial charge in [-0.15, -0.1) is 0 Å². The Morgan fingerprint density at radius 1 is 1.47 bits per heavy atom. The predicted molar refractivity (Wildman–Crippen MR) is 54.1 cm³/mol. The molecule has 0 aromatic carbocycles. The molecule has 1 aliphatic rings. The highest BCUT2D eigenvalue weighted by molar-refractivity contribution is 4.83. The van der Waals surface area contributed by atoms with E-state index in [9.17, 15) is 0 Å². The van der Waals surface area contributed by atoms with E-state index in [1.165, 1.54) is 12.8 Å². The van der Waals surface area contributed by atoms with Gasteiger partial charge < -0.3 is 15.0 Å². The second kappa shape index (κ2) is 4.72.